The van der Waals surface area contributed by atoms with E-state index in [0.29, 0.717) is 0 Å². The van der Waals surface area contributed by atoms with Crippen LogP contribution in [-0.4, -0.2) is 10.2 Å². The molecule has 1 aromatic carbocycles. The van der Waals surface area contributed by atoms with Gasteiger partial charge >= 0.3 is 0 Å². The molecule has 0 radical (unpaired) electrons. The summed E-state index contributed by atoms with van der Waals surface area (Å²) < 4.78 is 0. The zero-order valence-electron chi connectivity index (χ0n) is 8.74. The SMILES string of the molecule is Cc1cc(C)cc(-c2cn[nH]c(=O)c2)c1. The lowest BCUT2D eigenvalue weighted by Gasteiger charge is -2.03. The maximum Gasteiger partial charge on any atom is 0.264 e. The highest BCUT2D eigenvalue weighted by Gasteiger charge is 2.00. The molecule has 1 heterocycles. The maximum atomic E-state index is 11.1. The summed E-state index contributed by atoms with van der Waals surface area (Å²) in [4.78, 5) is 11.1. The summed E-state index contributed by atoms with van der Waals surface area (Å²) in [7, 11) is 0. The van der Waals surface area contributed by atoms with Gasteiger partial charge in [0.05, 0.1) is 6.20 Å². The Bertz CT molecular complexity index is 523. The van der Waals surface area contributed by atoms with Gasteiger partial charge in [0, 0.05) is 11.6 Å². The molecule has 3 nitrogen and oxygen atoms in total. The molecule has 0 aliphatic rings. The van der Waals surface area contributed by atoms with E-state index in [4.69, 9.17) is 0 Å². The van der Waals surface area contributed by atoms with Crippen molar-refractivity contribution in [3.05, 3.63) is 51.9 Å². The predicted molar refractivity (Wildman–Crippen MR) is 59.8 cm³/mol. The quantitative estimate of drug-likeness (QED) is 0.765. The second-order valence-electron chi connectivity index (χ2n) is 3.71. The monoisotopic (exact) mass is 200 g/mol. The molecular formula is C12H12N2O. The molecule has 76 valence electrons. The molecule has 1 aromatic heterocycles. The second kappa shape index (κ2) is 3.69. The molecule has 0 saturated carbocycles. The lowest BCUT2D eigenvalue weighted by molar-refractivity contribution is 0.991. The smallest absolute Gasteiger partial charge is 0.264 e. The molecule has 15 heavy (non-hydrogen) atoms. The number of rotatable bonds is 1. The Balaban J connectivity index is 2.58. The van der Waals surface area contributed by atoms with Gasteiger partial charge in [0.2, 0.25) is 0 Å². The second-order valence-corrected chi connectivity index (χ2v) is 3.71. The Labute approximate surface area is 87.8 Å². The number of nitrogens with one attached hydrogen (secondary N) is 1. The first kappa shape index (κ1) is 9.65. The van der Waals surface area contributed by atoms with Crippen LogP contribution in [0, 0.1) is 13.8 Å². The van der Waals surface area contributed by atoms with Crippen molar-refractivity contribution >= 4 is 0 Å². The van der Waals surface area contributed by atoms with Crippen molar-refractivity contribution in [2.75, 3.05) is 0 Å². The van der Waals surface area contributed by atoms with E-state index < -0.39 is 0 Å². The minimum absolute atomic E-state index is 0.174. The van der Waals surface area contributed by atoms with Crippen LogP contribution >= 0.6 is 0 Å². The molecule has 0 saturated heterocycles. The minimum atomic E-state index is -0.174. The lowest BCUT2D eigenvalue weighted by atomic mass is 10.0. The Morgan fingerprint density at radius 2 is 1.67 bits per heavy atom. The minimum Gasteiger partial charge on any atom is -0.268 e. The standard InChI is InChI=1S/C12H12N2O/c1-8-3-9(2)5-10(4-8)11-6-12(15)14-13-7-11/h3-7H,1-2H3,(H,14,15). The molecule has 0 fully saturated rings. The number of benzene rings is 1. The molecular weight excluding hydrogens is 188 g/mol. The number of aryl methyl sites for hydroxylation is 2. The highest BCUT2D eigenvalue weighted by atomic mass is 16.1. The van der Waals surface area contributed by atoms with Gasteiger partial charge in [-0.3, -0.25) is 4.79 Å². The third kappa shape index (κ3) is 2.13. The van der Waals surface area contributed by atoms with Crippen LogP contribution in [0.25, 0.3) is 11.1 Å². The van der Waals surface area contributed by atoms with Gasteiger partial charge in [-0.25, -0.2) is 5.10 Å². The molecule has 2 rings (SSSR count). The first-order valence-electron chi connectivity index (χ1n) is 4.78. The topological polar surface area (TPSA) is 45.8 Å². The highest BCUT2D eigenvalue weighted by molar-refractivity contribution is 5.63. The number of hydrogen-bond donors (Lipinski definition) is 1. The van der Waals surface area contributed by atoms with Crippen LogP contribution in [0.2, 0.25) is 0 Å². The van der Waals surface area contributed by atoms with E-state index in [2.05, 4.69) is 16.3 Å². The van der Waals surface area contributed by atoms with Gasteiger partial charge in [0.25, 0.3) is 5.56 Å². The fourth-order valence-corrected chi connectivity index (χ4v) is 1.68. The maximum absolute atomic E-state index is 11.1. The summed E-state index contributed by atoms with van der Waals surface area (Å²) in [6.07, 6.45) is 1.66. The van der Waals surface area contributed by atoms with E-state index in [-0.39, 0.29) is 5.56 Å². The van der Waals surface area contributed by atoms with Crippen molar-refractivity contribution < 1.29 is 0 Å². The van der Waals surface area contributed by atoms with E-state index >= 15 is 0 Å². The lowest BCUT2D eigenvalue weighted by Crippen LogP contribution is -2.05. The van der Waals surface area contributed by atoms with Gasteiger partial charge in [0.15, 0.2) is 0 Å². The summed E-state index contributed by atoms with van der Waals surface area (Å²) in [5, 5.41) is 6.15. The van der Waals surface area contributed by atoms with Crippen molar-refractivity contribution in [1.29, 1.82) is 0 Å². The molecule has 0 unspecified atom stereocenters. The van der Waals surface area contributed by atoms with Gasteiger partial charge in [-0.1, -0.05) is 29.3 Å². The molecule has 0 aliphatic carbocycles. The van der Waals surface area contributed by atoms with Crippen molar-refractivity contribution in [1.82, 2.24) is 10.2 Å². The fourth-order valence-electron chi connectivity index (χ4n) is 1.68. The van der Waals surface area contributed by atoms with Crippen molar-refractivity contribution in [3.63, 3.8) is 0 Å². The van der Waals surface area contributed by atoms with Crippen molar-refractivity contribution in [2.45, 2.75) is 13.8 Å². The third-order valence-electron chi connectivity index (χ3n) is 2.22. The van der Waals surface area contributed by atoms with Gasteiger partial charge < -0.3 is 0 Å². The van der Waals surface area contributed by atoms with Crippen LogP contribution in [0.4, 0.5) is 0 Å². The zero-order chi connectivity index (χ0) is 10.8. The number of H-pyrrole nitrogens is 1. The van der Waals surface area contributed by atoms with E-state index in [9.17, 15) is 4.79 Å². The van der Waals surface area contributed by atoms with Gasteiger partial charge in [-0.05, 0) is 19.4 Å². The molecule has 0 amide bonds. The van der Waals surface area contributed by atoms with Gasteiger partial charge in [-0.2, -0.15) is 5.10 Å². The highest BCUT2D eigenvalue weighted by Crippen LogP contribution is 2.19. The van der Waals surface area contributed by atoms with Gasteiger partial charge in [-0.15, -0.1) is 0 Å². The Hall–Kier alpha value is -1.90. The average molecular weight is 200 g/mol. The Morgan fingerprint density at radius 1 is 1.00 bits per heavy atom. The van der Waals surface area contributed by atoms with Crippen LogP contribution in [0.5, 0.6) is 0 Å². The van der Waals surface area contributed by atoms with Crippen molar-refractivity contribution in [2.24, 2.45) is 0 Å². The predicted octanol–water partition coefficient (Wildman–Crippen LogP) is 2.05. The largest absolute Gasteiger partial charge is 0.268 e. The third-order valence-corrected chi connectivity index (χ3v) is 2.22. The number of aromatic amines is 1. The first-order valence-corrected chi connectivity index (χ1v) is 4.78. The molecule has 2 aromatic rings. The molecule has 0 atom stereocenters. The zero-order valence-corrected chi connectivity index (χ0v) is 8.74. The Morgan fingerprint density at radius 3 is 2.27 bits per heavy atom. The molecule has 0 bridgehead atoms. The summed E-state index contributed by atoms with van der Waals surface area (Å²) >= 11 is 0. The van der Waals surface area contributed by atoms with Gasteiger partial charge in [0.1, 0.15) is 0 Å². The van der Waals surface area contributed by atoms with Crippen LogP contribution in [0.1, 0.15) is 11.1 Å². The fraction of sp³-hybridized carbons (Fsp3) is 0.167. The van der Waals surface area contributed by atoms with Crippen molar-refractivity contribution in [3.8, 4) is 11.1 Å². The van der Waals surface area contributed by atoms with Crippen LogP contribution in [0.15, 0.2) is 35.3 Å². The van der Waals surface area contributed by atoms with Crippen LogP contribution in [-0.2, 0) is 0 Å². The van der Waals surface area contributed by atoms with E-state index in [1.807, 2.05) is 26.0 Å². The summed E-state index contributed by atoms with van der Waals surface area (Å²) in [5.74, 6) is 0. The molecule has 0 spiro atoms. The summed E-state index contributed by atoms with van der Waals surface area (Å²) in [5.41, 5.74) is 4.08. The number of aromatic nitrogens is 2. The number of hydrogen-bond acceptors (Lipinski definition) is 2. The molecule has 0 aliphatic heterocycles. The van der Waals surface area contributed by atoms with E-state index in [1.54, 1.807) is 12.3 Å². The van der Waals surface area contributed by atoms with Crippen LogP contribution < -0.4 is 5.56 Å². The van der Waals surface area contributed by atoms with Crippen LogP contribution in [0.3, 0.4) is 0 Å². The summed E-state index contributed by atoms with van der Waals surface area (Å²) in [6, 6.07) is 7.75. The summed E-state index contributed by atoms with van der Waals surface area (Å²) in [6.45, 7) is 4.08. The molecule has 1 N–H and O–H groups in total. The van der Waals surface area contributed by atoms with E-state index in [1.165, 1.54) is 11.1 Å². The first-order chi connectivity index (χ1) is 7.15. The molecule has 3 heteroatoms. The average Bonchev–Trinajstić information content (AvgIpc) is 2.16. The number of nitrogens with zero attached hydrogens (tertiary/aromatic N) is 1. The Kier molecular flexibility index (Phi) is 2.37. The van der Waals surface area contributed by atoms with E-state index in [0.717, 1.165) is 11.1 Å². The normalized spacial score (nSPS) is 10.3.